The molecule has 6 atom stereocenters. The number of allylic oxidation sites excluding steroid dienone is 1. The average molecular weight is 375 g/mol. The van der Waals surface area contributed by atoms with Crippen molar-refractivity contribution in [2.24, 2.45) is 28.6 Å². The Kier molecular flexibility index (Phi) is 5.39. The summed E-state index contributed by atoms with van der Waals surface area (Å²) >= 11 is 0. The molecule has 0 spiro atoms. The first-order valence-corrected chi connectivity index (χ1v) is 10.7. The fraction of sp³-hybridized carbons (Fsp3) is 0.783. The molecule has 0 radical (unpaired) electrons. The minimum absolute atomic E-state index is 0.0368. The highest BCUT2D eigenvalue weighted by Crippen LogP contribution is 2.64. The standard InChI is InChI=1S/C21H28O4.C2H6/c1-12(22)25-18-7-6-16-15-5-4-13-10-14(23)8-9-20(13,2)19(15)17(24)11-21(16,18)3;1-2/h10,15-16,18-19H,4-9,11H2,1-3H3;1-2H3/t15-,16-,18?,19+,20?,21?;/m0./s1. The van der Waals surface area contributed by atoms with Crippen LogP contribution in [0.2, 0.25) is 0 Å². The van der Waals surface area contributed by atoms with E-state index in [1.54, 1.807) is 0 Å². The lowest BCUT2D eigenvalue weighted by atomic mass is 9.47. The number of fused-ring (bicyclic) bond motifs is 5. The van der Waals surface area contributed by atoms with Crippen molar-refractivity contribution in [3.63, 3.8) is 0 Å². The minimum Gasteiger partial charge on any atom is -0.462 e. The quantitative estimate of drug-likeness (QED) is 0.627. The van der Waals surface area contributed by atoms with Crippen LogP contribution in [0.3, 0.4) is 0 Å². The second-order valence-electron chi connectivity index (χ2n) is 9.16. The van der Waals surface area contributed by atoms with Crippen molar-refractivity contribution in [3.8, 4) is 0 Å². The molecular weight excluding hydrogens is 340 g/mol. The summed E-state index contributed by atoms with van der Waals surface area (Å²) in [4.78, 5) is 36.7. The smallest absolute Gasteiger partial charge is 0.302 e. The first-order chi connectivity index (χ1) is 12.8. The summed E-state index contributed by atoms with van der Waals surface area (Å²) in [5.74, 6) is 1.14. The van der Waals surface area contributed by atoms with Crippen molar-refractivity contribution in [1.29, 1.82) is 0 Å². The van der Waals surface area contributed by atoms with Gasteiger partial charge < -0.3 is 4.74 Å². The topological polar surface area (TPSA) is 60.4 Å². The fourth-order valence-electron chi connectivity index (χ4n) is 6.73. The van der Waals surface area contributed by atoms with Gasteiger partial charge in [-0.3, -0.25) is 14.4 Å². The predicted molar refractivity (Wildman–Crippen MR) is 104 cm³/mol. The normalized spacial score (nSPS) is 42.8. The number of rotatable bonds is 1. The Balaban J connectivity index is 0.00000102. The molecule has 0 aliphatic heterocycles. The van der Waals surface area contributed by atoms with Crippen LogP contribution in [0.5, 0.6) is 0 Å². The lowest BCUT2D eigenvalue weighted by molar-refractivity contribution is -0.163. The van der Waals surface area contributed by atoms with E-state index < -0.39 is 0 Å². The van der Waals surface area contributed by atoms with E-state index in [-0.39, 0.29) is 34.6 Å². The van der Waals surface area contributed by atoms with Gasteiger partial charge in [0.25, 0.3) is 0 Å². The van der Waals surface area contributed by atoms with E-state index in [4.69, 9.17) is 4.74 Å². The molecule has 3 unspecified atom stereocenters. The number of carbonyl (C=O) groups is 3. The third-order valence-electron chi connectivity index (χ3n) is 7.87. The van der Waals surface area contributed by atoms with E-state index in [0.29, 0.717) is 30.5 Å². The fourth-order valence-corrected chi connectivity index (χ4v) is 6.73. The Morgan fingerprint density at radius 3 is 2.48 bits per heavy atom. The van der Waals surface area contributed by atoms with Gasteiger partial charge in [-0.2, -0.15) is 0 Å². The maximum absolute atomic E-state index is 13.3. The molecule has 0 heterocycles. The summed E-state index contributed by atoms with van der Waals surface area (Å²) in [6, 6.07) is 0. The van der Waals surface area contributed by atoms with Crippen LogP contribution in [0, 0.1) is 28.6 Å². The van der Waals surface area contributed by atoms with Gasteiger partial charge in [-0.25, -0.2) is 0 Å². The lowest BCUT2D eigenvalue weighted by Crippen LogP contribution is -2.55. The van der Waals surface area contributed by atoms with Crippen LogP contribution in [0.25, 0.3) is 0 Å². The van der Waals surface area contributed by atoms with Gasteiger partial charge in [0.1, 0.15) is 11.9 Å². The highest BCUT2D eigenvalue weighted by Gasteiger charge is 2.62. The predicted octanol–water partition coefficient (Wildman–Crippen LogP) is 4.66. The Hall–Kier alpha value is -1.45. The number of Topliss-reactive ketones (excluding diaryl/α,β-unsaturated/α-hetero) is 1. The summed E-state index contributed by atoms with van der Waals surface area (Å²) in [6.45, 7) is 9.83. The Morgan fingerprint density at radius 1 is 1.11 bits per heavy atom. The molecule has 3 saturated carbocycles. The van der Waals surface area contributed by atoms with E-state index in [0.717, 1.165) is 32.1 Å². The van der Waals surface area contributed by atoms with E-state index in [1.165, 1.54) is 12.5 Å². The van der Waals surface area contributed by atoms with Crippen LogP contribution in [0.1, 0.15) is 79.6 Å². The third kappa shape index (κ3) is 3.09. The molecule has 0 saturated heterocycles. The molecule has 0 bridgehead atoms. The summed E-state index contributed by atoms with van der Waals surface area (Å²) in [6.07, 6.45) is 7.41. The third-order valence-corrected chi connectivity index (χ3v) is 7.87. The maximum atomic E-state index is 13.3. The molecule has 0 N–H and O–H groups in total. The van der Waals surface area contributed by atoms with Crippen LogP contribution >= 0.6 is 0 Å². The van der Waals surface area contributed by atoms with Gasteiger partial charge in [0.05, 0.1) is 0 Å². The van der Waals surface area contributed by atoms with Gasteiger partial charge in [-0.1, -0.05) is 33.3 Å². The monoisotopic (exact) mass is 374 g/mol. The van der Waals surface area contributed by atoms with Crippen molar-refractivity contribution < 1.29 is 19.1 Å². The molecular formula is C23H34O4. The molecule has 150 valence electrons. The first-order valence-electron chi connectivity index (χ1n) is 10.7. The SMILES string of the molecule is CC.CC(=O)OC1CC[C@H]2[C@@H]3CCC4=CC(=O)CCC4(C)[C@H]3C(=O)CC12C. The number of ketones is 2. The first kappa shape index (κ1) is 20.3. The van der Waals surface area contributed by atoms with Gasteiger partial charge in [-0.05, 0) is 55.4 Å². The van der Waals surface area contributed by atoms with Crippen LogP contribution in [0.4, 0.5) is 0 Å². The number of hydrogen-bond acceptors (Lipinski definition) is 4. The Labute approximate surface area is 163 Å². The largest absolute Gasteiger partial charge is 0.462 e. The summed E-state index contributed by atoms with van der Waals surface area (Å²) in [5, 5.41) is 0. The van der Waals surface area contributed by atoms with Crippen molar-refractivity contribution in [2.45, 2.75) is 85.7 Å². The number of hydrogen-bond donors (Lipinski definition) is 0. The van der Waals surface area contributed by atoms with Crippen LogP contribution in [0.15, 0.2) is 11.6 Å². The Morgan fingerprint density at radius 2 is 1.81 bits per heavy atom. The van der Waals surface area contributed by atoms with Gasteiger partial charge >= 0.3 is 5.97 Å². The van der Waals surface area contributed by atoms with E-state index in [2.05, 4.69) is 13.8 Å². The molecule has 4 heteroatoms. The minimum atomic E-state index is -0.243. The molecule has 27 heavy (non-hydrogen) atoms. The summed E-state index contributed by atoms with van der Waals surface area (Å²) in [7, 11) is 0. The van der Waals surface area contributed by atoms with E-state index >= 15 is 0 Å². The highest BCUT2D eigenvalue weighted by molar-refractivity contribution is 5.93. The number of carbonyl (C=O) groups excluding carboxylic acids is 3. The average Bonchev–Trinajstić information content (AvgIpc) is 2.92. The summed E-state index contributed by atoms with van der Waals surface area (Å²) in [5.41, 5.74) is 0.845. The van der Waals surface area contributed by atoms with Gasteiger partial charge in [0.15, 0.2) is 5.78 Å². The molecule has 0 aromatic heterocycles. The molecule has 0 aromatic carbocycles. The van der Waals surface area contributed by atoms with E-state index in [1.807, 2.05) is 19.9 Å². The van der Waals surface area contributed by atoms with Crippen LogP contribution < -0.4 is 0 Å². The molecule has 3 fully saturated rings. The van der Waals surface area contributed by atoms with Gasteiger partial charge in [0, 0.05) is 31.1 Å². The van der Waals surface area contributed by atoms with Gasteiger partial charge in [-0.15, -0.1) is 0 Å². The zero-order valence-corrected chi connectivity index (χ0v) is 17.5. The number of ether oxygens (including phenoxy) is 1. The molecule has 4 rings (SSSR count). The maximum Gasteiger partial charge on any atom is 0.302 e. The van der Waals surface area contributed by atoms with Crippen LogP contribution in [-0.4, -0.2) is 23.6 Å². The molecule has 4 nitrogen and oxygen atoms in total. The summed E-state index contributed by atoms with van der Waals surface area (Å²) < 4.78 is 5.61. The molecule has 4 aliphatic rings. The van der Waals surface area contributed by atoms with Crippen molar-refractivity contribution in [3.05, 3.63) is 11.6 Å². The van der Waals surface area contributed by atoms with Crippen LogP contribution in [-0.2, 0) is 19.1 Å². The zero-order valence-electron chi connectivity index (χ0n) is 17.5. The van der Waals surface area contributed by atoms with Crippen molar-refractivity contribution in [1.82, 2.24) is 0 Å². The van der Waals surface area contributed by atoms with Gasteiger partial charge in [0.2, 0.25) is 0 Å². The molecule has 0 aromatic rings. The van der Waals surface area contributed by atoms with Crippen molar-refractivity contribution in [2.75, 3.05) is 0 Å². The second kappa shape index (κ2) is 7.18. The van der Waals surface area contributed by atoms with E-state index in [9.17, 15) is 14.4 Å². The lowest BCUT2D eigenvalue weighted by Gasteiger charge is -2.56. The molecule has 0 amide bonds. The molecule has 4 aliphatic carbocycles. The Bertz CT molecular complexity index is 678. The second-order valence-corrected chi connectivity index (χ2v) is 9.16. The zero-order chi connectivity index (χ0) is 20.0. The highest BCUT2D eigenvalue weighted by atomic mass is 16.5. The number of esters is 1. The van der Waals surface area contributed by atoms with Crippen molar-refractivity contribution >= 4 is 17.5 Å².